The highest BCUT2D eigenvalue weighted by atomic mass is 16.1. The third kappa shape index (κ3) is 6.21. The van der Waals surface area contributed by atoms with Crippen molar-refractivity contribution in [1.29, 1.82) is 0 Å². The summed E-state index contributed by atoms with van der Waals surface area (Å²) in [6.45, 7) is 7.85. The Labute approximate surface area is 181 Å². The van der Waals surface area contributed by atoms with Crippen LogP contribution in [-0.4, -0.2) is 56.0 Å². The van der Waals surface area contributed by atoms with Gasteiger partial charge in [0.1, 0.15) is 0 Å². The van der Waals surface area contributed by atoms with Gasteiger partial charge in [0.2, 0.25) is 5.91 Å². The molecule has 2 fully saturated rings. The van der Waals surface area contributed by atoms with Crippen LogP contribution in [-0.2, 0) is 10.2 Å². The van der Waals surface area contributed by atoms with Crippen molar-refractivity contribution in [1.82, 2.24) is 15.5 Å². The lowest BCUT2D eigenvalue weighted by atomic mass is 9.64. The second-order valence-electron chi connectivity index (χ2n) is 8.85. The number of nitrogens with one attached hydrogen (secondary N) is 2. The standard InChI is InChI=1S/C24H39N5O/c1-2-26-23(28-19-24(13-8-14-24)21-9-4-3-5-10-21)27-15-6-7-16-29-17-11-20(12-18-29)22(25)30/h3-5,9-10,20H,2,6-8,11-19H2,1H3,(H2,25,30)(H2,26,27,28). The molecule has 1 saturated carbocycles. The van der Waals surface area contributed by atoms with Gasteiger partial charge in [0.15, 0.2) is 5.96 Å². The number of nitrogens with two attached hydrogens (primary N) is 1. The van der Waals surface area contributed by atoms with Crippen LogP contribution in [0.5, 0.6) is 0 Å². The van der Waals surface area contributed by atoms with Gasteiger partial charge in [-0.1, -0.05) is 36.8 Å². The number of primary amides is 1. The molecule has 0 atom stereocenters. The third-order valence-corrected chi connectivity index (χ3v) is 6.76. The Balaban J connectivity index is 1.39. The van der Waals surface area contributed by atoms with Crippen molar-refractivity contribution in [2.75, 3.05) is 39.3 Å². The number of guanidine groups is 1. The van der Waals surface area contributed by atoms with Crippen LogP contribution in [0, 0.1) is 5.92 Å². The van der Waals surface area contributed by atoms with Crippen LogP contribution in [0.25, 0.3) is 0 Å². The second-order valence-corrected chi connectivity index (χ2v) is 8.85. The molecule has 0 radical (unpaired) electrons. The van der Waals surface area contributed by atoms with E-state index in [2.05, 4.69) is 52.8 Å². The molecule has 1 saturated heterocycles. The topological polar surface area (TPSA) is 82.8 Å². The van der Waals surface area contributed by atoms with Crippen molar-refractivity contribution >= 4 is 11.9 Å². The van der Waals surface area contributed by atoms with Crippen LogP contribution in [0.1, 0.15) is 57.4 Å². The fraction of sp³-hybridized carbons (Fsp3) is 0.667. The highest BCUT2D eigenvalue weighted by Gasteiger charge is 2.38. The SMILES string of the molecule is CCNC(=NCC1(c2ccccc2)CCC1)NCCCCN1CCC(C(N)=O)CC1. The smallest absolute Gasteiger partial charge is 0.220 e. The lowest BCUT2D eigenvalue weighted by Gasteiger charge is -2.41. The molecule has 166 valence electrons. The van der Waals surface area contributed by atoms with Gasteiger partial charge in [0, 0.05) is 24.4 Å². The number of piperidine rings is 1. The van der Waals surface area contributed by atoms with E-state index in [4.69, 9.17) is 10.7 Å². The van der Waals surface area contributed by atoms with Crippen LogP contribution >= 0.6 is 0 Å². The molecular weight excluding hydrogens is 374 g/mol. The highest BCUT2D eigenvalue weighted by molar-refractivity contribution is 5.79. The largest absolute Gasteiger partial charge is 0.369 e. The molecule has 6 nitrogen and oxygen atoms in total. The van der Waals surface area contributed by atoms with E-state index in [1.54, 1.807) is 0 Å². The van der Waals surface area contributed by atoms with Gasteiger partial charge in [-0.25, -0.2) is 0 Å². The molecule has 0 unspecified atom stereocenters. The molecular formula is C24H39N5O. The normalized spacial score (nSPS) is 19.8. The van der Waals surface area contributed by atoms with Crippen LogP contribution in [0.2, 0.25) is 0 Å². The molecule has 0 aromatic heterocycles. The van der Waals surface area contributed by atoms with Gasteiger partial charge in [-0.15, -0.1) is 0 Å². The zero-order chi connectivity index (χ0) is 21.2. The summed E-state index contributed by atoms with van der Waals surface area (Å²) in [7, 11) is 0. The van der Waals surface area contributed by atoms with E-state index in [1.807, 2.05) is 0 Å². The Morgan fingerprint density at radius 3 is 2.50 bits per heavy atom. The minimum atomic E-state index is -0.134. The fourth-order valence-corrected chi connectivity index (χ4v) is 4.61. The summed E-state index contributed by atoms with van der Waals surface area (Å²) in [5.74, 6) is 0.878. The van der Waals surface area contributed by atoms with Crippen molar-refractivity contribution in [2.24, 2.45) is 16.6 Å². The lowest BCUT2D eigenvalue weighted by molar-refractivity contribution is -0.123. The number of aliphatic imine (C=N–C) groups is 1. The molecule has 1 aliphatic heterocycles. The van der Waals surface area contributed by atoms with Gasteiger partial charge in [-0.2, -0.15) is 0 Å². The predicted octanol–water partition coefficient (Wildman–Crippen LogP) is 2.64. The number of carbonyl (C=O) groups excluding carboxylic acids is 1. The molecule has 0 spiro atoms. The summed E-state index contributed by atoms with van der Waals surface area (Å²) in [6, 6.07) is 10.9. The summed E-state index contributed by atoms with van der Waals surface area (Å²) in [4.78, 5) is 18.7. The first-order valence-corrected chi connectivity index (χ1v) is 11.7. The number of benzene rings is 1. The summed E-state index contributed by atoms with van der Waals surface area (Å²) in [6.07, 6.45) is 7.84. The first kappa shape index (κ1) is 22.6. The van der Waals surface area contributed by atoms with E-state index < -0.39 is 0 Å². The summed E-state index contributed by atoms with van der Waals surface area (Å²) in [5.41, 5.74) is 7.07. The molecule has 1 heterocycles. The van der Waals surface area contributed by atoms with Gasteiger partial charge in [-0.3, -0.25) is 9.79 Å². The van der Waals surface area contributed by atoms with Crippen LogP contribution in [0.15, 0.2) is 35.3 Å². The Hall–Kier alpha value is -2.08. The Kier molecular flexibility index (Phi) is 8.55. The maximum absolute atomic E-state index is 11.3. The van der Waals surface area contributed by atoms with Gasteiger partial charge >= 0.3 is 0 Å². The average Bonchev–Trinajstić information content (AvgIpc) is 2.73. The number of rotatable bonds is 10. The Morgan fingerprint density at radius 1 is 1.17 bits per heavy atom. The average molecular weight is 414 g/mol. The number of unbranched alkanes of at least 4 members (excludes halogenated alkanes) is 1. The minimum Gasteiger partial charge on any atom is -0.369 e. The third-order valence-electron chi connectivity index (χ3n) is 6.76. The number of carbonyl (C=O) groups is 1. The number of hydrogen-bond acceptors (Lipinski definition) is 3. The summed E-state index contributed by atoms with van der Waals surface area (Å²) < 4.78 is 0. The first-order valence-electron chi connectivity index (χ1n) is 11.7. The summed E-state index contributed by atoms with van der Waals surface area (Å²) >= 11 is 0. The number of nitrogens with zero attached hydrogens (tertiary/aromatic N) is 2. The molecule has 6 heteroatoms. The maximum atomic E-state index is 11.3. The quantitative estimate of drug-likeness (QED) is 0.313. The van der Waals surface area contributed by atoms with E-state index in [-0.39, 0.29) is 17.2 Å². The zero-order valence-electron chi connectivity index (χ0n) is 18.5. The lowest BCUT2D eigenvalue weighted by Crippen LogP contribution is -2.42. The van der Waals surface area contributed by atoms with Crippen molar-refractivity contribution < 1.29 is 4.79 Å². The number of likely N-dealkylation sites (tertiary alicyclic amines) is 1. The van der Waals surface area contributed by atoms with Gasteiger partial charge in [-0.05, 0) is 70.6 Å². The van der Waals surface area contributed by atoms with Crippen molar-refractivity contribution in [3.63, 3.8) is 0 Å². The Bertz CT molecular complexity index is 678. The molecule has 4 N–H and O–H groups in total. The molecule has 1 aromatic carbocycles. The molecule has 1 aromatic rings. The number of amides is 1. The molecule has 1 aliphatic carbocycles. The molecule has 3 rings (SSSR count). The van der Waals surface area contributed by atoms with Crippen LogP contribution in [0.4, 0.5) is 0 Å². The molecule has 30 heavy (non-hydrogen) atoms. The van der Waals surface area contributed by atoms with E-state index in [0.29, 0.717) is 0 Å². The molecule has 0 bridgehead atoms. The second kappa shape index (κ2) is 11.3. The van der Waals surface area contributed by atoms with E-state index >= 15 is 0 Å². The van der Waals surface area contributed by atoms with Gasteiger partial charge in [0.05, 0.1) is 6.54 Å². The minimum absolute atomic E-state index is 0.0802. The van der Waals surface area contributed by atoms with Crippen molar-refractivity contribution in [3.05, 3.63) is 35.9 Å². The van der Waals surface area contributed by atoms with Crippen molar-refractivity contribution in [3.8, 4) is 0 Å². The number of hydrogen-bond donors (Lipinski definition) is 3. The summed E-state index contributed by atoms with van der Waals surface area (Å²) in [5, 5.41) is 6.91. The predicted molar refractivity (Wildman–Crippen MR) is 124 cm³/mol. The van der Waals surface area contributed by atoms with Crippen LogP contribution < -0.4 is 16.4 Å². The van der Waals surface area contributed by atoms with Crippen molar-refractivity contribution in [2.45, 2.75) is 57.3 Å². The molecule has 2 aliphatic rings. The highest BCUT2D eigenvalue weighted by Crippen LogP contribution is 2.43. The maximum Gasteiger partial charge on any atom is 0.220 e. The zero-order valence-corrected chi connectivity index (χ0v) is 18.5. The van der Waals surface area contributed by atoms with E-state index in [1.165, 1.54) is 24.8 Å². The van der Waals surface area contributed by atoms with Gasteiger partial charge < -0.3 is 21.3 Å². The first-order chi connectivity index (χ1) is 14.6. The molecule has 1 amide bonds. The fourth-order valence-electron chi connectivity index (χ4n) is 4.61. The van der Waals surface area contributed by atoms with Crippen LogP contribution in [0.3, 0.4) is 0 Å². The monoisotopic (exact) mass is 413 g/mol. The van der Waals surface area contributed by atoms with E-state index in [9.17, 15) is 4.79 Å². The Morgan fingerprint density at radius 2 is 1.90 bits per heavy atom. The van der Waals surface area contributed by atoms with E-state index in [0.717, 1.165) is 70.9 Å². The van der Waals surface area contributed by atoms with Gasteiger partial charge in [0.25, 0.3) is 0 Å².